The van der Waals surface area contributed by atoms with Crippen molar-refractivity contribution < 1.29 is 4.42 Å². The van der Waals surface area contributed by atoms with Crippen LogP contribution in [0.15, 0.2) is 205 Å². The summed E-state index contributed by atoms with van der Waals surface area (Å²) in [5.41, 5.74) is 11.1. The molecule has 57 heavy (non-hydrogen) atoms. The molecule has 0 bridgehead atoms. The lowest BCUT2D eigenvalue weighted by Crippen LogP contribution is -2.00. The molecule has 0 atom stereocenters. The van der Waals surface area contributed by atoms with Crippen LogP contribution in [0.4, 0.5) is 0 Å². The van der Waals surface area contributed by atoms with Gasteiger partial charge in [0.1, 0.15) is 11.2 Å². The van der Waals surface area contributed by atoms with E-state index in [1.807, 2.05) is 18.2 Å². The van der Waals surface area contributed by atoms with E-state index in [0.29, 0.717) is 17.5 Å². The van der Waals surface area contributed by atoms with E-state index < -0.39 is 0 Å². The third kappa shape index (κ3) is 5.92. The fourth-order valence-corrected chi connectivity index (χ4v) is 7.99. The van der Waals surface area contributed by atoms with Crippen LogP contribution in [0.3, 0.4) is 0 Å². The number of fused-ring (bicyclic) bond motifs is 5. The van der Waals surface area contributed by atoms with Crippen molar-refractivity contribution in [3.05, 3.63) is 200 Å². The van der Waals surface area contributed by atoms with E-state index in [1.54, 1.807) is 0 Å². The predicted molar refractivity (Wildman–Crippen MR) is 235 cm³/mol. The van der Waals surface area contributed by atoms with Crippen molar-refractivity contribution in [3.63, 3.8) is 0 Å². The van der Waals surface area contributed by atoms with Gasteiger partial charge in [-0.3, -0.25) is 0 Å². The molecule has 0 fully saturated rings. The van der Waals surface area contributed by atoms with E-state index in [1.165, 1.54) is 27.3 Å². The Hall–Kier alpha value is -7.69. The highest BCUT2D eigenvalue weighted by molar-refractivity contribution is 6.16. The maximum absolute atomic E-state index is 6.77. The summed E-state index contributed by atoms with van der Waals surface area (Å²) >= 11 is 0. The second-order valence-corrected chi connectivity index (χ2v) is 14.4. The third-order valence-corrected chi connectivity index (χ3v) is 10.9. The molecule has 0 radical (unpaired) electrons. The van der Waals surface area contributed by atoms with Gasteiger partial charge >= 0.3 is 0 Å². The first-order chi connectivity index (χ1) is 28.2. The molecule has 0 amide bonds. The Labute approximate surface area is 329 Å². The van der Waals surface area contributed by atoms with E-state index >= 15 is 0 Å². The molecule has 0 aliphatic carbocycles. The molecule has 2 aromatic heterocycles. The van der Waals surface area contributed by atoms with E-state index in [-0.39, 0.29) is 0 Å². The minimum atomic E-state index is 0.587. The van der Waals surface area contributed by atoms with Gasteiger partial charge < -0.3 is 4.42 Å². The lowest BCUT2D eigenvalue weighted by atomic mass is 9.95. The van der Waals surface area contributed by atoms with Crippen LogP contribution in [0.25, 0.3) is 111 Å². The zero-order chi connectivity index (χ0) is 37.7. The van der Waals surface area contributed by atoms with Gasteiger partial charge in [0.25, 0.3) is 0 Å². The lowest BCUT2D eigenvalue weighted by molar-refractivity contribution is 0.670. The Bertz CT molecular complexity index is 3280. The molecular formula is C53H33N3O. The van der Waals surface area contributed by atoms with Crippen molar-refractivity contribution in [2.75, 3.05) is 0 Å². The fraction of sp³-hybridized carbons (Fsp3) is 0. The number of furan rings is 1. The highest BCUT2D eigenvalue weighted by Crippen LogP contribution is 2.42. The molecule has 9 aromatic carbocycles. The normalized spacial score (nSPS) is 11.5. The molecule has 2 heterocycles. The van der Waals surface area contributed by atoms with E-state index in [4.69, 9.17) is 19.4 Å². The quantitative estimate of drug-likeness (QED) is 0.171. The Morgan fingerprint density at radius 2 is 0.789 bits per heavy atom. The number of benzene rings is 9. The molecule has 266 valence electrons. The van der Waals surface area contributed by atoms with Crippen LogP contribution in [0, 0.1) is 0 Å². The van der Waals surface area contributed by atoms with E-state index in [9.17, 15) is 0 Å². The summed E-state index contributed by atoms with van der Waals surface area (Å²) in [7, 11) is 0. The van der Waals surface area contributed by atoms with Gasteiger partial charge in [-0.1, -0.05) is 164 Å². The maximum atomic E-state index is 6.77. The summed E-state index contributed by atoms with van der Waals surface area (Å²) in [6.45, 7) is 0. The molecule has 0 spiro atoms. The standard InChI is InChI=1S/C53H33N3O/c1-3-11-34(12-4-1)37-19-24-39(25-20-37)51-54-52(43-28-23-36-15-7-8-16-40(36)31-43)56-53(55-51)47-30-29-45(50-49(47)46-17-9-10-18-48(46)57-50)42-27-22-38-21-26-41(32-44(38)33-42)35-13-5-2-6-14-35/h1-33H. The highest BCUT2D eigenvalue weighted by atomic mass is 16.3. The maximum Gasteiger partial charge on any atom is 0.164 e. The SMILES string of the molecule is c1ccc(-c2ccc(-c3nc(-c4ccc5ccccc5c4)nc(-c4ccc(-c5ccc6ccc(-c7ccccc7)cc6c5)c5oc6ccccc6c45)n3)cc2)cc1. The van der Waals surface area contributed by atoms with Gasteiger partial charge in [0.05, 0.1) is 0 Å². The molecule has 4 nitrogen and oxygen atoms in total. The summed E-state index contributed by atoms with van der Waals surface area (Å²) in [6, 6.07) is 70.0. The molecule has 0 unspecified atom stereocenters. The number of hydrogen-bond donors (Lipinski definition) is 0. The Balaban J connectivity index is 1.10. The van der Waals surface area contributed by atoms with Gasteiger partial charge in [-0.15, -0.1) is 0 Å². The van der Waals surface area contributed by atoms with Gasteiger partial charge in [0.2, 0.25) is 0 Å². The molecular weight excluding hydrogens is 695 g/mol. The topological polar surface area (TPSA) is 51.8 Å². The number of rotatable bonds is 6. The second kappa shape index (κ2) is 13.6. The smallest absolute Gasteiger partial charge is 0.164 e. The van der Waals surface area contributed by atoms with Crippen molar-refractivity contribution in [1.82, 2.24) is 15.0 Å². The van der Waals surface area contributed by atoms with Gasteiger partial charge in [-0.2, -0.15) is 0 Å². The molecule has 0 saturated carbocycles. The predicted octanol–water partition coefficient (Wildman–Crippen LogP) is 14.1. The average Bonchev–Trinajstić information content (AvgIpc) is 3.68. The molecule has 0 saturated heterocycles. The van der Waals surface area contributed by atoms with Crippen molar-refractivity contribution in [1.29, 1.82) is 0 Å². The van der Waals surface area contributed by atoms with Crippen LogP contribution in [-0.4, -0.2) is 15.0 Å². The zero-order valence-corrected chi connectivity index (χ0v) is 30.8. The third-order valence-electron chi connectivity index (χ3n) is 10.9. The minimum Gasteiger partial charge on any atom is -0.455 e. The summed E-state index contributed by atoms with van der Waals surface area (Å²) in [4.78, 5) is 15.6. The van der Waals surface area contributed by atoms with Crippen LogP contribution < -0.4 is 0 Å². The largest absolute Gasteiger partial charge is 0.455 e. The molecule has 11 rings (SSSR count). The summed E-state index contributed by atoms with van der Waals surface area (Å²) in [5.74, 6) is 1.81. The molecule has 0 N–H and O–H groups in total. The Kier molecular flexibility index (Phi) is 7.78. The second-order valence-electron chi connectivity index (χ2n) is 14.4. The van der Waals surface area contributed by atoms with Crippen LogP contribution in [0.1, 0.15) is 0 Å². The fourth-order valence-electron chi connectivity index (χ4n) is 7.99. The summed E-state index contributed by atoms with van der Waals surface area (Å²) in [5, 5.41) is 6.64. The minimum absolute atomic E-state index is 0.587. The van der Waals surface area contributed by atoms with Gasteiger partial charge in [0.15, 0.2) is 17.5 Å². The van der Waals surface area contributed by atoms with Gasteiger partial charge in [-0.25, -0.2) is 15.0 Å². The van der Waals surface area contributed by atoms with Crippen molar-refractivity contribution in [2.45, 2.75) is 0 Å². The summed E-state index contributed by atoms with van der Waals surface area (Å²) < 4.78 is 6.77. The van der Waals surface area contributed by atoms with Gasteiger partial charge in [-0.05, 0) is 85.8 Å². The Morgan fingerprint density at radius 1 is 0.298 bits per heavy atom. The van der Waals surface area contributed by atoms with Gasteiger partial charge in [0, 0.05) is 33.0 Å². The molecule has 4 heteroatoms. The number of para-hydroxylation sites is 1. The number of nitrogens with zero attached hydrogens (tertiary/aromatic N) is 3. The van der Waals surface area contributed by atoms with Crippen LogP contribution in [0.5, 0.6) is 0 Å². The molecule has 0 aliphatic rings. The first-order valence-corrected chi connectivity index (χ1v) is 19.2. The monoisotopic (exact) mass is 727 g/mol. The van der Waals surface area contributed by atoms with E-state index in [2.05, 4.69) is 182 Å². The van der Waals surface area contributed by atoms with Crippen molar-refractivity contribution in [3.8, 4) is 67.5 Å². The first kappa shape index (κ1) is 32.7. The number of hydrogen-bond acceptors (Lipinski definition) is 4. The average molecular weight is 728 g/mol. The lowest BCUT2D eigenvalue weighted by Gasteiger charge is -2.12. The van der Waals surface area contributed by atoms with Crippen molar-refractivity contribution >= 4 is 43.5 Å². The number of aromatic nitrogens is 3. The first-order valence-electron chi connectivity index (χ1n) is 19.2. The van der Waals surface area contributed by atoms with E-state index in [0.717, 1.165) is 66.3 Å². The van der Waals surface area contributed by atoms with Crippen LogP contribution >= 0.6 is 0 Å². The van der Waals surface area contributed by atoms with Crippen LogP contribution in [0.2, 0.25) is 0 Å². The molecule has 11 aromatic rings. The molecule has 0 aliphatic heterocycles. The zero-order valence-electron chi connectivity index (χ0n) is 30.8. The summed E-state index contributed by atoms with van der Waals surface area (Å²) in [6.07, 6.45) is 0. The van der Waals surface area contributed by atoms with Crippen LogP contribution in [-0.2, 0) is 0 Å². The highest BCUT2D eigenvalue weighted by Gasteiger charge is 2.21. The van der Waals surface area contributed by atoms with Crippen molar-refractivity contribution in [2.24, 2.45) is 0 Å². The Morgan fingerprint density at radius 3 is 1.56 bits per heavy atom.